The summed E-state index contributed by atoms with van der Waals surface area (Å²) in [6.45, 7) is 3.51. The van der Waals surface area contributed by atoms with Crippen molar-refractivity contribution in [3.63, 3.8) is 0 Å². The predicted molar refractivity (Wildman–Crippen MR) is 145 cm³/mol. The number of nitrogens with one attached hydrogen (secondary N) is 3. The molecular formula is C27H25N3O5S2. The maximum Gasteiger partial charge on any atom is 0.261 e. The third-order valence-corrected chi connectivity index (χ3v) is 8.38. The van der Waals surface area contributed by atoms with Crippen LogP contribution in [0.4, 0.5) is 17.1 Å². The van der Waals surface area contributed by atoms with Gasteiger partial charge in [0.15, 0.2) is 0 Å². The van der Waals surface area contributed by atoms with Gasteiger partial charge in [0.2, 0.25) is 0 Å². The van der Waals surface area contributed by atoms with Crippen LogP contribution < -0.4 is 14.8 Å². The first-order valence-corrected chi connectivity index (χ1v) is 14.2. The fraction of sp³-hybridized carbons (Fsp3) is 0.0741. The number of aryl methyl sites for hydroxylation is 1. The van der Waals surface area contributed by atoms with E-state index in [1.54, 1.807) is 67.6 Å². The minimum absolute atomic E-state index is 0.0399. The molecule has 10 heteroatoms. The van der Waals surface area contributed by atoms with Gasteiger partial charge in [-0.15, -0.1) is 0 Å². The molecule has 4 aromatic carbocycles. The van der Waals surface area contributed by atoms with Crippen molar-refractivity contribution in [1.29, 1.82) is 0 Å². The average molecular weight is 536 g/mol. The monoisotopic (exact) mass is 535 g/mol. The summed E-state index contributed by atoms with van der Waals surface area (Å²) in [6.07, 6.45) is 0. The molecule has 0 aliphatic heterocycles. The Bertz CT molecular complexity index is 1640. The molecule has 0 bridgehead atoms. The van der Waals surface area contributed by atoms with E-state index < -0.39 is 26.0 Å². The third kappa shape index (κ3) is 6.16. The molecule has 37 heavy (non-hydrogen) atoms. The lowest BCUT2D eigenvalue weighted by atomic mass is 10.1. The van der Waals surface area contributed by atoms with Gasteiger partial charge in [0, 0.05) is 16.9 Å². The summed E-state index contributed by atoms with van der Waals surface area (Å²) in [5.41, 5.74) is 2.75. The maximum absolute atomic E-state index is 13.0. The smallest absolute Gasteiger partial charge is 0.261 e. The van der Waals surface area contributed by atoms with Crippen LogP contribution in [0.15, 0.2) is 107 Å². The number of anilines is 3. The van der Waals surface area contributed by atoms with E-state index in [9.17, 15) is 21.6 Å². The zero-order chi connectivity index (χ0) is 26.6. The van der Waals surface area contributed by atoms with Gasteiger partial charge in [-0.05, 0) is 80.1 Å². The van der Waals surface area contributed by atoms with Gasteiger partial charge >= 0.3 is 0 Å². The Kier molecular flexibility index (Phi) is 7.33. The van der Waals surface area contributed by atoms with Gasteiger partial charge in [0.05, 0.1) is 15.5 Å². The largest absolute Gasteiger partial charge is 0.322 e. The fourth-order valence-corrected chi connectivity index (χ4v) is 5.73. The molecule has 0 aliphatic carbocycles. The first-order chi connectivity index (χ1) is 17.5. The van der Waals surface area contributed by atoms with Crippen molar-refractivity contribution < 1.29 is 21.6 Å². The summed E-state index contributed by atoms with van der Waals surface area (Å²) in [4.78, 5) is 13.1. The summed E-state index contributed by atoms with van der Waals surface area (Å²) in [5, 5.41) is 2.72. The van der Waals surface area contributed by atoms with Gasteiger partial charge < -0.3 is 5.32 Å². The van der Waals surface area contributed by atoms with Crippen LogP contribution in [0, 0.1) is 13.8 Å². The molecule has 0 saturated carbocycles. The molecule has 190 valence electrons. The van der Waals surface area contributed by atoms with Crippen molar-refractivity contribution in [2.45, 2.75) is 23.6 Å². The Balaban J connectivity index is 1.49. The molecule has 8 nitrogen and oxygen atoms in total. The third-order valence-electron chi connectivity index (χ3n) is 5.60. The van der Waals surface area contributed by atoms with Gasteiger partial charge in [-0.1, -0.05) is 42.0 Å². The minimum Gasteiger partial charge on any atom is -0.322 e. The lowest BCUT2D eigenvalue weighted by Crippen LogP contribution is -2.17. The van der Waals surface area contributed by atoms with Crippen LogP contribution in [0.25, 0.3) is 0 Å². The standard InChI is InChI=1S/C27H25N3O5S2/c1-19-11-15-23(16-12-19)37(34,35)30-26-10-6-9-25(20(26)2)27(31)28-21-13-17-24(18-14-21)36(32,33)29-22-7-4-3-5-8-22/h3-18,29-30H,1-2H3,(H,28,31). The van der Waals surface area contributed by atoms with Gasteiger partial charge in [-0.3, -0.25) is 14.2 Å². The second kappa shape index (κ2) is 10.5. The molecule has 0 atom stereocenters. The van der Waals surface area contributed by atoms with Crippen LogP contribution in [-0.4, -0.2) is 22.7 Å². The summed E-state index contributed by atoms with van der Waals surface area (Å²) in [5.74, 6) is -0.466. The highest BCUT2D eigenvalue weighted by atomic mass is 32.2. The average Bonchev–Trinajstić information content (AvgIpc) is 2.86. The number of hydrogen-bond donors (Lipinski definition) is 3. The molecule has 0 saturated heterocycles. The van der Waals surface area contributed by atoms with Crippen LogP contribution in [0.1, 0.15) is 21.5 Å². The molecule has 3 N–H and O–H groups in total. The molecule has 4 aromatic rings. The second-order valence-corrected chi connectivity index (χ2v) is 11.7. The number of carbonyl (C=O) groups excluding carboxylic acids is 1. The topological polar surface area (TPSA) is 121 Å². The molecule has 0 unspecified atom stereocenters. The van der Waals surface area contributed by atoms with Gasteiger partial charge in [-0.2, -0.15) is 0 Å². The summed E-state index contributed by atoms with van der Waals surface area (Å²) in [7, 11) is -7.63. The summed E-state index contributed by atoms with van der Waals surface area (Å²) in [6, 6.07) is 25.5. The van der Waals surface area contributed by atoms with Crippen LogP contribution in [0.3, 0.4) is 0 Å². The van der Waals surface area contributed by atoms with E-state index in [2.05, 4.69) is 14.8 Å². The van der Waals surface area contributed by atoms with E-state index >= 15 is 0 Å². The second-order valence-electron chi connectivity index (χ2n) is 8.35. The van der Waals surface area contributed by atoms with Gasteiger partial charge in [-0.25, -0.2) is 16.8 Å². The minimum atomic E-state index is -3.84. The van der Waals surface area contributed by atoms with Crippen LogP contribution in [0.5, 0.6) is 0 Å². The lowest BCUT2D eigenvalue weighted by molar-refractivity contribution is 0.102. The van der Waals surface area contributed by atoms with E-state index in [1.165, 1.54) is 36.4 Å². The Labute approximate surface area is 216 Å². The van der Waals surface area contributed by atoms with Crippen molar-refractivity contribution in [3.05, 3.63) is 114 Å². The molecule has 1 amide bonds. The van der Waals surface area contributed by atoms with E-state index in [0.717, 1.165) is 5.56 Å². The van der Waals surface area contributed by atoms with E-state index in [1.807, 2.05) is 6.92 Å². The fourth-order valence-electron chi connectivity index (χ4n) is 3.55. The van der Waals surface area contributed by atoms with Gasteiger partial charge in [0.1, 0.15) is 0 Å². The van der Waals surface area contributed by atoms with E-state index in [-0.39, 0.29) is 21.0 Å². The number of hydrogen-bond acceptors (Lipinski definition) is 5. The Morgan fingerprint density at radius 2 is 1.16 bits per heavy atom. The van der Waals surface area contributed by atoms with Crippen molar-refractivity contribution in [1.82, 2.24) is 0 Å². The SMILES string of the molecule is Cc1ccc(S(=O)(=O)Nc2cccc(C(=O)Nc3ccc(S(=O)(=O)Nc4ccccc4)cc3)c2C)cc1. The molecule has 0 spiro atoms. The van der Waals surface area contributed by atoms with Crippen molar-refractivity contribution in [2.75, 3.05) is 14.8 Å². The highest BCUT2D eigenvalue weighted by Gasteiger charge is 2.19. The first kappa shape index (κ1) is 25.9. The normalized spacial score (nSPS) is 11.5. The molecule has 0 aromatic heterocycles. The highest BCUT2D eigenvalue weighted by molar-refractivity contribution is 7.93. The number of benzene rings is 4. The first-order valence-electron chi connectivity index (χ1n) is 11.2. The molecule has 0 heterocycles. The predicted octanol–water partition coefficient (Wildman–Crippen LogP) is 5.16. The molecule has 0 aliphatic rings. The van der Waals surface area contributed by atoms with E-state index in [0.29, 0.717) is 16.9 Å². The van der Waals surface area contributed by atoms with Crippen LogP contribution in [0.2, 0.25) is 0 Å². The Morgan fingerprint density at radius 3 is 1.78 bits per heavy atom. The van der Waals surface area contributed by atoms with Crippen molar-refractivity contribution in [3.8, 4) is 0 Å². The van der Waals surface area contributed by atoms with Crippen LogP contribution in [-0.2, 0) is 20.0 Å². The van der Waals surface area contributed by atoms with Crippen molar-refractivity contribution in [2.24, 2.45) is 0 Å². The highest BCUT2D eigenvalue weighted by Crippen LogP contribution is 2.24. The molecule has 0 radical (unpaired) electrons. The summed E-state index contributed by atoms with van der Waals surface area (Å²) >= 11 is 0. The number of sulfonamides is 2. The number of para-hydroxylation sites is 1. The number of amides is 1. The molecule has 0 fully saturated rings. The quantitative estimate of drug-likeness (QED) is 0.288. The van der Waals surface area contributed by atoms with Crippen molar-refractivity contribution >= 4 is 43.0 Å². The number of carbonyl (C=O) groups is 1. The Morgan fingerprint density at radius 1 is 0.595 bits per heavy atom. The zero-order valence-electron chi connectivity index (χ0n) is 20.1. The summed E-state index contributed by atoms with van der Waals surface area (Å²) < 4.78 is 55.9. The van der Waals surface area contributed by atoms with E-state index in [4.69, 9.17) is 0 Å². The zero-order valence-corrected chi connectivity index (χ0v) is 21.7. The molecule has 4 rings (SSSR count). The Hall–Kier alpha value is -4.15. The maximum atomic E-state index is 13.0. The van der Waals surface area contributed by atoms with Crippen LogP contribution >= 0.6 is 0 Å². The number of rotatable bonds is 8. The molecular weight excluding hydrogens is 510 g/mol. The van der Waals surface area contributed by atoms with Gasteiger partial charge in [0.25, 0.3) is 26.0 Å². The lowest BCUT2D eigenvalue weighted by Gasteiger charge is -2.14.